The number of benzene rings is 1. The molecule has 3 nitrogen and oxygen atoms in total. The summed E-state index contributed by atoms with van der Waals surface area (Å²) in [6, 6.07) is 6.22. The number of nitrogens with zero attached hydrogens (tertiary/aromatic N) is 2. The van der Waals surface area contributed by atoms with Gasteiger partial charge in [0, 0.05) is 42.5 Å². The monoisotopic (exact) mass is 294 g/mol. The van der Waals surface area contributed by atoms with E-state index in [1.54, 1.807) is 0 Å². The van der Waals surface area contributed by atoms with Crippen LogP contribution in [-0.2, 0) is 6.54 Å². The Hall–Kier alpha value is -0.770. The fourth-order valence-corrected chi connectivity index (χ4v) is 3.59. The van der Waals surface area contributed by atoms with Gasteiger partial charge in [0.1, 0.15) is 0 Å². The first-order chi connectivity index (χ1) is 9.74. The molecule has 2 heterocycles. The SMILES string of the molecule is OC1CCCN(Cc2c(Cl)cccc2N2CCCC2)C1. The first kappa shape index (κ1) is 14.2. The molecule has 0 spiro atoms. The number of halogens is 1. The number of β-amino-alcohol motifs (C(OH)–C–C–N with tert-alkyl or cyclic N) is 1. The highest BCUT2D eigenvalue weighted by atomic mass is 35.5. The molecular formula is C16H23ClN2O. The number of aliphatic hydroxyl groups is 1. The Morgan fingerprint density at radius 1 is 1.15 bits per heavy atom. The van der Waals surface area contributed by atoms with Crippen molar-refractivity contribution in [1.29, 1.82) is 0 Å². The van der Waals surface area contributed by atoms with Gasteiger partial charge in [-0.3, -0.25) is 4.90 Å². The van der Waals surface area contributed by atoms with Crippen molar-refractivity contribution in [3.8, 4) is 0 Å². The number of aliphatic hydroxyl groups excluding tert-OH is 1. The summed E-state index contributed by atoms with van der Waals surface area (Å²) in [6.07, 6.45) is 4.37. The maximum absolute atomic E-state index is 9.82. The summed E-state index contributed by atoms with van der Waals surface area (Å²) in [5, 5.41) is 10.7. The quantitative estimate of drug-likeness (QED) is 0.928. The first-order valence-electron chi connectivity index (χ1n) is 7.67. The Morgan fingerprint density at radius 3 is 2.70 bits per heavy atom. The molecule has 2 aliphatic rings. The van der Waals surface area contributed by atoms with E-state index >= 15 is 0 Å². The molecule has 2 saturated heterocycles. The lowest BCUT2D eigenvalue weighted by Crippen LogP contribution is -2.38. The van der Waals surface area contributed by atoms with Crippen LogP contribution in [0.2, 0.25) is 5.02 Å². The fraction of sp³-hybridized carbons (Fsp3) is 0.625. The average molecular weight is 295 g/mol. The van der Waals surface area contributed by atoms with Crippen LogP contribution in [0.4, 0.5) is 5.69 Å². The summed E-state index contributed by atoms with van der Waals surface area (Å²) >= 11 is 6.45. The Balaban J connectivity index is 1.80. The van der Waals surface area contributed by atoms with Crippen molar-refractivity contribution >= 4 is 17.3 Å². The van der Waals surface area contributed by atoms with Crippen LogP contribution >= 0.6 is 11.6 Å². The molecule has 0 radical (unpaired) electrons. The molecule has 1 atom stereocenters. The van der Waals surface area contributed by atoms with Crippen molar-refractivity contribution in [3.05, 3.63) is 28.8 Å². The topological polar surface area (TPSA) is 26.7 Å². The van der Waals surface area contributed by atoms with Crippen molar-refractivity contribution in [3.63, 3.8) is 0 Å². The second-order valence-electron chi connectivity index (χ2n) is 5.96. The van der Waals surface area contributed by atoms with Crippen LogP contribution in [0.1, 0.15) is 31.2 Å². The fourth-order valence-electron chi connectivity index (χ4n) is 3.36. The van der Waals surface area contributed by atoms with E-state index in [9.17, 15) is 5.11 Å². The van der Waals surface area contributed by atoms with Gasteiger partial charge in [0.15, 0.2) is 0 Å². The Kier molecular flexibility index (Phi) is 4.49. The lowest BCUT2D eigenvalue weighted by molar-refractivity contribution is 0.0669. The van der Waals surface area contributed by atoms with Crippen LogP contribution in [0.3, 0.4) is 0 Å². The highest BCUT2D eigenvalue weighted by molar-refractivity contribution is 6.31. The molecule has 110 valence electrons. The van der Waals surface area contributed by atoms with E-state index in [0.29, 0.717) is 0 Å². The van der Waals surface area contributed by atoms with E-state index < -0.39 is 0 Å². The third-order valence-corrected chi connectivity index (χ3v) is 4.76. The summed E-state index contributed by atoms with van der Waals surface area (Å²) < 4.78 is 0. The highest BCUT2D eigenvalue weighted by Crippen LogP contribution is 2.31. The van der Waals surface area contributed by atoms with E-state index in [0.717, 1.165) is 50.6 Å². The van der Waals surface area contributed by atoms with Crippen LogP contribution in [0.5, 0.6) is 0 Å². The molecule has 0 saturated carbocycles. The summed E-state index contributed by atoms with van der Waals surface area (Å²) in [5.74, 6) is 0. The highest BCUT2D eigenvalue weighted by Gasteiger charge is 2.22. The minimum atomic E-state index is -0.179. The van der Waals surface area contributed by atoms with E-state index in [1.165, 1.54) is 24.1 Å². The zero-order valence-electron chi connectivity index (χ0n) is 11.9. The van der Waals surface area contributed by atoms with Gasteiger partial charge in [0.2, 0.25) is 0 Å². The molecule has 2 fully saturated rings. The molecule has 1 aromatic rings. The third-order valence-electron chi connectivity index (χ3n) is 4.40. The van der Waals surface area contributed by atoms with Gasteiger partial charge in [-0.2, -0.15) is 0 Å². The summed E-state index contributed by atoms with van der Waals surface area (Å²) in [6.45, 7) is 4.95. The number of piperidine rings is 1. The summed E-state index contributed by atoms with van der Waals surface area (Å²) in [4.78, 5) is 4.77. The van der Waals surface area contributed by atoms with Crippen LogP contribution in [0, 0.1) is 0 Å². The van der Waals surface area contributed by atoms with E-state index in [4.69, 9.17) is 11.6 Å². The summed E-state index contributed by atoms with van der Waals surface area (Å²) in [5.41, 5.74) is 2.51. The largest absolute Gasteiger partial charge is 0.392 e. The van der Waals surface area contributed by atoms with Gasteiger partial charge in [0.05, 0.1) is 6.10 Å². The lowest BCUT2D eigenvalue weighted by atomic mass is 10.1. The minimum absolute atomic E-state index is 0.179. The Labute approximate surface area is 126 Å². The maximum atomic E-state index is 9.82. The molecular weight excluding hydrogens is 272 g/mol. The second-order valence-corrected chi connectivity index (χ2v) is 6.37. The van der Waals surface area contributed by atoms with Gasteiger partial charge in [-0.25, -0.2) is 0 Å². The van der Waals surface area contributed by atoms with Gasteiger partial charge in [-0.1, -0.05) is 17.7 Å². The molecule has 1 unspecified atom stereocenters. The molecule has 0 amide bonds. The zero-order valence-corrected chi connectivity index (χ0v) is 12.6. The average Bonchev–Trinajstić information content (AvgIpc) is 2.95. The van der Waals surface area contributed by atoms with Crippen LogP contribution in [0.15, 0.2) is 18.2 Å². The zero-order chi connectivity index (χ0) is 13.9. The van der Waals surface area contributed by atoms with E-state index in [1.807, 2.05) is 12.1 Å². The first-order valence-corrected chi connectivity index (χ1v) is 8.04. The molecule has 0 bridgehead atoms. The lowest BCUT2D eigenvalue weighted by Gasteiger charge is -2.32. The van der Waals surface area contributed by atoms with E-state index in [2.05, 4.69) is 15.9 Å². The van der Waals surface area contributed by atoms with Gasteiger partial charge in [-0.05, 0) is 44.4 Å². The second kappa shape index (κ2) is 6.33. The maximum Gasteiger partial charge on any atom is 0.0667 e. The van der Waals surface area contributed by atoms with Crippen molar-refractivity contribution in [2.24, 2.45) is 0 Å². The Morgan fingerprint density at radius 2 is 1.95 bits per heavy atom. The third kappa shape index (κ3) is 3.11. The number of likely N-dealkylation sites (tertiary alicyclic amines) is 1. The Bertz CT molecular complexity index is 460. The number of hydrogen-bond donors (Lipinski definition) is 1. The van der Waals surface area contributed by atoms with Crippen LogP contribution in [0.25, 0.3) is 0 Å². The predicted molar refractivity (Wildman–Crippen MR) is 83.4 cm³/mol. The molecule has 1 N–H and O–H groups in total. The van der Waals surface area contributed by atoms with Crippen molar-refractivity contribution in [2.75, 3.05) is 31.1 Å². The molecule has 2 aliphatic heterocycles. The molecule has 0 aromatic heterocycles. The van der Waals surface area contributed by atoms with Crippen molar-refractivity contribution < 1.29 is 5.11 Å². The summed E-state index contributed by atoms with van der Waals surface area (Å²) in [7, 11) is 0. The van der Waals surface area contributed by atoms with Gasteiger partial charge in [-0.15, -0.1) is 0 Å². The van der Waals surface area contributed by atoms with Crippen molar-refractivity contribution in [2.45, 2.75) is 38.3 Å². The number of anilines is 1. The number of hydrogen-bond acceptors (Lipinski definition) is 3. The predicted octanol–water partition coefficient (Wildman–Crippen LogP) is 2.90. The van der Waals surface area contributed by atoms with Gasteiger partial charge >= 0.3 is 0 Å². The van der Waals surface area contributed by atoms with Gasteiger partial charge in [0.25, 0.3) is 0 Å². The van der Waals surface area contributed by atoms with Crippen molar-refractivity contribution in [1.82, 2.24) is 4.90 Å². The molecule has 3 rings (SSSR count). The molecule has 20 heavy (non-hydrogen) atoms. The smallest absolute Gasteiger partial charge is 0.0667 e. The normalized spacial score (nSPS) is 24.3. The standard InChI is InChI=1S/C16H23ClN2O/c17-15-6-3-7-16(19-9-1-2-10-19)14(15)12-18-8-4-5-13(20)11-18/h3,6-7,13,20H,1-2,4-5,8-12H2. The van der Waals surface area contributed by atoms with Crippen LogP contribution in [-0.4, -0.2) is 42.3 Å². The molecule has 1 aromatic carbocycles. The van der Waals surface area contributed by atoms with Crippen LogP contribution < -0.4 is 4.90 Å². The van der Waals surface area contributed by atoms with E-state index in [-0.39, 0.29) is 6.10 Å². The number of rotatable bonds is 3. The molecule has 0 aliphatic carbocycles. The minimum Gasteiger partial charge on any atom is -0.392 e. The molecule has 4 heteroatoms. The van der Waals surface area contributed by atoms with Gasteiger partial charge < -0.3 is 10.0 Å².